The van der Waals surface area contributed by atoms with Gasteiger partial charge in [-0.3, -0.25) is 10.1 Å². The Morgan fingerprint density at radius 3 is 2.65 bits per heavy atom. The Morgan fingerprint density at radius 1 is 1.35 bits per heavy atom. The highest BCUT2D eigenvalue weighted by Crippen LogP contribution is 2.32. The molecule has 1 aromatic heterocycles. The number of carbonyl (C=O) groups excluding carboxylic acids is 1. The van der Waals surface area contributed by atoms with Crippen molar-refractivity contribution in [1.82, 2.24) is 15.1 Å². The summed E-state index contributed by atoms with van der Waals surface area (Å²) in [5.74, 6) is 0. The maximum atomic E-state index is 12.4. The van der Waals surface area contributed by atoms with Crippen molar-refractivity contribution in [2.24, 2.45) is 0 Å². The van der Waals surface area contributed by atoms with E-state index in [-0.39, 0.29) is 12.4 Å². The molecule has 1 amide bonds. The van der Waals surface area contributed by atoms with Crippen molar-refractivity contribution in [1.29, 1.82) is 0 Å². The van der Waals surface area contributed by atoms with Gasteiger partial charge >= 0.3 is 11.8 Å². The fourth-order valence-electron chi connectivity index (χ4n) is 3.23. The Hall–Kier alpha value is -2.98. The van der Waals surface area contributed by atoms with Gasteiger partial charge in [-0.1, -0.05) is 43.9 Å². The molecule has 0 aliphatic carbocycles. The molecule has 0 saturated carbocycles. The first kappa shape index (κ1) is 27.3. The zero-order valence-electron chi connectivity index (χ0n) is 21.0. The first-order valence-electron chi connectivity index (χ1n) is 11.3. The number of rotatable bonds is 11. The third-order valence-electron chi connectivity index (χ3n) is 4.88. The molecule has 2 aromatic rings. The van der Waals surface area contributed by atoms with Gasteiger partial charge in [0.15, 0.2) is 0 Å². The summed E-state index contributed by atoms with van der Waals surface area (Å²) in [7, 11) is -1.26. The van der Waals surface area contributed by atoms with E-state index >= 15 is 0 Å². The zero-order chi connectivity index (χ0) is 25.5. The third kappa shape index (κ3) is 8.42. The number of hydrogen-bond acceptors (Lipinski definition) is 6. The maximum absolute atomic E-state index is 12.4. The van der Waals surface area contributed by atoms with Crippen molar-refractivity contribution >= 4 is 19.9 Å². The predicted octanol–water partition coefficient (Wildman–Crippen LogP) is 5.91. The smallest absolute Gasteiger partial charge is 0.408 e. The van der Waals surface area contributed by atoms with Gasteiger partial charge in [-0.15, -0.1) is 6.58 Å². The van der Waals surface area contributed by atoms with Crippen LogP contribution in [0.2, 0.25) is 25.7 Å². The number of nitro groups is 1. The number of benzene rings is 1. The summed E-state index contributed by atoms with van der Waals surface area (Å²) >= 11 is 0. The van der Waals surface area contributed by atoms with E-state index in [9.17, 15) is 14.9 Å². The fourth-order valence-corrected chi connectivity index (χ4v) is 3.99. The number of nitrogens with one attached hydrogen (secondary N) is 1. The predicted molar refractivity (Wildman–Crippen MR) is 135 cm³/mol. The van der Waals surface area contributed by atoms with E-state index in [0.717, 1.165) is 11.6 Å². The van der Waals surface area contributed by atoms with E-state index in [0.29, 0.717) is 24.3 Å². The zero-order valence-corrected chi connectivity index (χ0v) is 22.0. The number of amides is 1. The van der Waals surface area contributed by atoms with Gasteiger partial charge in [0.05, 0.1) is 11.0 Å². The Kier molecular flexibility index (Phi) is 9.17. The average molecular weight is 489 g/mol. The largest absolute Gasteiger partial charge is 0.444 e. The van der Waals surface area contributed by atoms with E-state index < -0.39 is 30.7 Å². The average Bonchev–Trinajstić information content (AvgIpc) is 3.13. The van der Waals surface area contributed by atoms with Crippen molar-refractivity contribution in [3.8, 4) is 11.3 Å². The lowest BCUT2D eigenvalue weighted by molar-refractivity contribution is -0.384. The Morgan fingerprint density at radius 2 is 2.06 bits per heavy atom. The van der Waals surface area contributed by atoms with E-state index in [1.165, 1.54) is 10.9 Å². The summed E-state index contributed by atoms with van der Waals surface area (Å²) in [5.41, 5.74) is 0.995. The first-order chi connectivity index (χ1) is 15.8. The summed E-state index contributed by atoms with van der Waals surface area (Å²) in [6.07, 6.45) is 2.86. The minimum Gasteiger partial charge on any atom is -0.444 e. The minimum absolute atomic E-state index is 0.105. The number of alkyl carbamates (subject to hydrolysis) is 1. The highest BCUT2D eigenvalue weighted by atomic mass is 28.3. The second kappa shape index (κ2) is 11.4. The second-order valence-electron chi connectivity index (χ2n) is 10.3. The molecule has 1 N–H and O–H groups in total. The van der Waals surface area contributed by atoms with Crippen LogP contribution in [0.15, 0.2) is 43.1 Å². The molecule has 1 heterocycles. The molecule has 0 spiro atoms. The maximum Gasteiger partial charge on any atom is 0.408 e. The van der Waals surface area contributed by atoms with Crippen LogP contribution >= 0.6 is 0 Å². The summed E-state index contributed by atoms with van der Waals surface area (Å²) in [6.45, 7) is 16.6. The minimum atomic E-state index is -1.26. The van der Waals surface area contributed by atoms with Crippen LogP contribution in [0.1, 0.15) is 38.8 Å². The Labute approximate surface area is 202 Å². The van der Waals surface area contributed by atoms with Crippen LogP contribution < -0.4 is 5.32 Å². The van der Waals surface area contributed by atoms with E-state index in [4.69, 9.17) is 9.47 Å². The molecule has 1 aromatic carbocycles. The van der Waals surface area contributed by atoms with Gasteiger partial charge in [0.2, 0.25) is 0 Å². The molecule has 0 aliphatic heterocycles. The van der Waals surface area contributed by atoms with Gasteiger partial charge in [0.25, 0.3) is 0 Å². The van der Waals surface area contributed by atoms with Gasteiger partial charge in [0, 0.05) is 20.2 Å². The fraction of sp³-hybridized carbons (Fsp3) is 0.500. The summed E-state index contributed by atoms with van der Waals surface area (Å²) in [6, 6.07) is 7.83. The number of ether oxygens (including phenoxy) is 2. The van der Waals surface area contributed by atoms with E-state index in [1.54, 1.807) is 39.0 Å². The van der Waals surface area contributed by atoms with Crippen LogP contribution in [0.4, 0.5) is 10.5 Å². The number of nitrogens with zero attached hydrogens (tertiary/aromatic N) is 3. The topological polar surface area (TPSA) is 109 Å². The van der Waals surface area contributed by atoms with Crippen LogP contribution in [0.3, 0.4) is 0 Å². The lowest BCUT2D eigenvalue weighted by Gasteiger charge is -2.23. The van der Waals surface area contributed by atoms with Gasteiger partial charge in [-0.05, 0) is 44.9 Å². The molecule has 0 saturated heterocycles. The Bertz CT molecular complexity index is 1010. The molecular weight excluding hydrogens is 452 g/mol. The first-order valence-corrected chi connectivity index (χ1v) is 15.0. The summed E-state index contributed by atoms with van der Waals surface area (Å²) < 4.78 is 12.7. The highest BCUT2D eigenvalue weighted by molar-refractivity contribution is 6.76. The monoisotopic (exact) mass is 488 g/mol. The second-order valence-corrected chi connectivity index (χ2v) is 16.0. The van der Waals surface area contributed by atoms with Crippen molar-refractivity contribution in [3.05, 3.63) is 58.8 Å². The summed E-state index contributed by atoms with van der Waals surface area (Å²) in [4.78, 5) is 23.6. The summed E-state index contributed by atoms with van der Waals surface area (Å²) in [5, 5.41) is 18.8. The SMILES string of the molecule is C=CCC(NC(=O)OC(C)(C)C)c1cccc(-c2c([N+](=O)[O-])cnn2COCC[Si](C)(C)C)c1. The highest BCUT2D eigenvalue weighted by Gasteiger charge is 2.25. The molecule has 0 aliphatic rings. The quantitative estimate of drug-likeness (QED) is 0.138. The van der Waals surface area contributed by atoms with Gasteiger partial charge in [0.1, 0.15) is 24.2 Å². The standard InChI is InChI=1S/C24H36N4O5Si/c1-8-10-20(26-23(29)33-24(2,3)4)18-11-9-12-19(15-18)22-21(28(30)31)16-25-27(22)17-32-13-14-34(5,6)7/h8-9,11-12,15-16,20H,1,10,13-14,17H2,2-7H3,(H,26,29). The van der Waals surface area contributed by atoms with Crippen molar-refractivity contribution < 1.29 is 19.2 Å². The van der Waals surface area contributed by atoms with Crippen LogP contribution in [0.5, 0.6) is 0 Å². The number of hydrogen-bond donors (Lipinski definition) is 1. The molecule has 0 bridgehead atoms. The molecule has 2 rings (SSSR count). The number of aromatic nitrogens is 2. The normalized spacial score (nSPS) is 12.8. The van der Waals surface area contributed by atoms with Crippen molar-refractivity contribution in [2.75, 3.05) is 6.61 Å². The molecule has 186 valence electrons. The van der Waals surface area contributed by atoms with E-state index in [1.807, 2.05) is 12.1 Å². The molecule has 1 unspecified atom stereocenters. The van der Waals surface area contributed by atoms with Crippen LogP contribution in [-0.2, 0) is 16.2 Å². The van der Waals surface area contributed by atoms with Gasteiger partial charge < -0.3 is 14.8 Å². The molecule has 1 atom stereocenters. The third-order valence-corrected chi connectivity index (χ3v) is 6.59. The molecule has 0 radical (unpaired) electrons. The molecule has 9 nitrogen and oxygen atoms in total. The van der Waals surface area contributed by atoms with Gasteiger partial charge in [-0.25, -0.2) is 9.48 Å². The lowest BCUT2D eigenvalue weighted by Crippen LogP contribution is -2.34. The molecular formula is C24H36N4O5Si. The van der Waals surface area contributed by atoms with Crippen molar-refractivity contribution in [3.63, 3.8) is 0 Å². The molecule has 34 heavy (non-hydrogen) atoms. The Balaban J connectivity index is 2.33. The van der Waals surface area contributed by atoms with Crippen LogP contribution in [0.25, 0.3) is 11.3 Å². The molecule has 0 fully saturated rings. The molecule has 10 heteroatoms. The number of carbonyl (C=O) groups is 1. The van der Waals surface area contributed by atoms with Gasteiger partial charge in [-0.2, -0.15) is 5.10 Å². The van der Waals surface area contributed by atoms with Crippen molar-refractivity contribution in [2.45, 2.75) is 71.3 Å². The lowest BCUT2D eigenvalue weighted by atomic mass is 9.99. The van der Waals surface area contributed by atoms with Crippen LogP contribution in [-0.4, -0.2) is 41.1 Å². The van der Waals surface area contributed by atoms with Crippen LogP contribution in [0, 0.1) is 10.1 Å². The van der Waals surface area contributed by atoms with E-state index in [2.05, 4.69) is 36.6 Å².